The molecule has 0 atom stereocenters. The molecule has 0 radical (unpaired) electrons. The Morgan fingerprint density at radius 2 is 1.77 bits per heavy atom. The number of nitriles is 1. The third kappa shape index (κ3) is 4.75. The fraction of sp³-hybridized carbons (Fsp3) is 0.346. The van der Waals surface area contributed by atoms with Gasteiger partial charge in [-0.15, -0.1) is 0 Å². The zero-order valence-electron chi connectivity index (χ0n) is 19.6. The number of anilines is 2. The first-order chi connectivity index (χ1) is 16.9. The molecule has 35 heavy (non-hydrogen) atoms. The van der Waals surface area contributed by atoms with E-state index in [1.165, 1.54) is 0 Å². The molecule has 0 saturated carbocycles. The summed E-state index contributed by atoms with van der Waals surface area (Å²) in [5.74, 6) is -1.41. The van der Waals surface area contributed by atoms with Crippen LogP contribution in [0.15, 0.2) is 29.1 Å². The molecule has 2 aliphatic rings. The lowest BCUT2D eigenvalue weighted by molar-refractivity contribution is -0.0979. The van der Waals surface area contributed by atoms with Crippen molar-refractivity contribution in [2.45, 2.75) is 26.3 Å². The van der Waals surface area contributed by atoms with E-state index in [-0.39, 0.29) is 16.8 Å². The monoisotopic (exact) mass is 479 g/mol. The number of aromatic nitrogens is 1. The van der Waals surface area contributed by atoms with Gasteiger partial charge in [-0.25, -0.2) is 8.78 Å². The normalized spacial score (nSPS) is 15.5. The second kappa shape index (κ2) is 10.2. The molecule has 1 fully saturated rings. The van der Waals surface area contributed by atoms with Crippen LogP contribution in [0.5, 0.6) is 0 Å². The Morgan fingerprint density at radius 1 is 1.09 bits per heavy atom. The minimum atomic E-state index is -0.703. The zero-order chi connectivity index (χ0) is 25.1. The molecule has 0 bridgehead atoms. The first-order valence-corrected chi connectivity index (χ1v) is 11.5. The fourth-order valence-electron chi connectivity index (χ4n) is 5.08. The molecule has 1 saturated heterocycles. The number of rotatable bonds is 3. The summed E-state index contributed by atoms with van der Waals surface area (Å²) in [5, 5.41) is 13.4. The van der Waals surface area contributed by atoms with Gasteiger partial charge in [-0.2, -0.15) is 5.26 Å². The maximum absolute atomic E-state index is 14.4. The summed E-state index contributed by atoms with van der Waals surface area (Å²) in [5.41, 5.74) is 4.73. The Morgan fingerprint density at radius 3 is 2.43 bits per heavy atom. The second-order valence-corrected chi connectivity index (χ2v) is 8.84. The molecule has 7 nitrogen and oxygen atoms in total. The molecule has 3 heterocycles. The number of nitrogens with one attached hydrogen (secondary N) is 2. The largest absolute Gasteiger partial charge is 0.384 e. The summed E-state index contributed by atoms with van der Waals surface area (Å²) in [6, 6.07) is 8.13. The molecule has 5 rings (SSSR count). The Bertz CT molecular complexity index is 1330. The van der Waals surface area contributed by atoms with E-state index in [4.69, 9.17) is 10.1 Å². The Kier molecular flexibility index (Phi) is 7.12. The fourth-order valence-corrected chi connectivity index (χ4v) is 5.08. The number of hydrogen-bond donors (Lipinski definition) is 2. The summed E-state index contributed by atoms with van der Waals surface area (Å²) >= 11 is 0. The van der Waals surface area contributed by atoms with Crippen LogP contribution in [0.25, 0.3) is 10.9 Å². The summed E-state index contributed by atoms with van der Waals surface area (Å²) in [4.78, 5) is 27.6. The van der Waals surface area contributed by atoms with Gasteiger partial charge in [0.15, 0.2) is 11.6 Å². The van der Waals surface area contributed by atoms with Crippen molar-refractivity contribution in [3.8, 4) is 6.07 Å². The molecule has 2 aliphatic heterocycles. The van der Waals surface area contributed by atoms with Crippen LogP contribution in [0.4, 0.5) is 20.2 Å². The van der Waals surface area contributed by atoms with Crippen LogP contribution in [0, 0.1) is 29.9 Å². The zero-order valence-corrected chi connectivity index (χ0v) is 19.6. The van der Waals surface area contributed by atoms with E-state index in [1.54, 1.807) is 11.0 Å². The number of carbonyl (C=O) groups is 1. The van der Waals surface area contributed by atoms with Crippen molar-refractivity contribution < 1.29 is 13.6 Å². The van der Waals surface area contributed by atoms with E-state index >= 15 is 0 Å². The number of aromatic amines is 1. The van der Waals surface area contributed by atoms with E-state index in [1.807, 2.05) is 12.9 Å². The first kappa shape index (κ1) is 24.4. The van der Waals surface area contributed by atoms with Gasteiger partial charge in [-0.05, 0) is 49.1 Å². The molecule has 2 aromatic carbocycles. The number of piperazine rings is 1. The van der Waals surface area contributed by atoms with Crippen LogP contribution < -0.4 is 15.8 Å². The minimum Gasteiger partial charge on any atom is -0.384 e. The van der Waals surface area contributed by atoms with Crippen molar-refractivity contribution in [2.24, 2.45) is 0 Å². The molecular weight excluding hydrogens is 452 g/mol. The molecule has 9 heteroatoms. The highest BCUT2D eigenvalue weighted by Crippen LogP contribution is 2.31. The van der Waals surface area contributed by atoms with Crippen LogP contribution >= 0.6 is 0 Å². The highest BCUT2D eigenvalue weighted by Gasteiger charge is 2.24. The van der Waals surface area contributed by atoms with Gasteiger partial charge in [0.05, 0.1) is 22.8 Å². The van der Waals surface area contributed by atoms with Gasteiger partial charge in [-0.1, -0.05) is 6.07 Å². The topological polar surface area (TPSA) is 92.2 Å². The predicted molar refractivity (Wildman–Crippen MR) is 132 cm³/mol. The highest BCUT2D eigenvalue weighted by atomic mass is 19.1. The van der Waals surface area contributed by atoms with Crippen molar-refractivity contribution in [1.29, 1.82) is 5.26 Å². The van der Waals surface area contributed by atoms with E-state index in [0.717, 1.165) is 64.8 Å². The number of fused-ring (bicyclic) bond motifs is 3. The molecule has 0 unspecified atom stereocenters. The van der Waals surface area contributed by atoms with Gasteiger partial charge in [0, 0.05) is 50.2 Å². The highest BCUT2D eigenvalue weighted by molar-refractivity contribution is 5.96. The van der Waals surface area contributed by atoms with E-state index in [2.05, 4.69) is 28.2 Å². The van der Waals surface area contributed by atoms with E-state index in [9.17, 15) is 13.6 Å². The predicted octanol–water partition coefficient (Wildman–Crippen LogP) is 3.48. The van der Waals surface area contributed by atoms with Crippen LogP contribution in [-0.2, 0) is 17.8 Å². The van der Waals surface area contributed by atoms with Crippen molar-refractivity contribution in [3.63, 3.8) is 0 Å². The van der Waals surface area contributed by atoms with Crippen molar-refractivity contribution in [3.05, 3.63) is 68.5 Å². The smallest absolute Gasteiger partial charge is 0.253 e. The molecule has 0 spiro atoms. The molecule has 0 aliphatic carbocycles. The summed E-state index contributed by atoms with van der Waals surface area (Å²) < 4.78 is 28.8. The summed E-state index contributed by atoms with van der Waals surface area (Å²) in [6.07, 6.45) is 1.75. The Balaban J connectivity index is 0.00000141. The molecular formula is C26H27F2N5O2. The van der Waals surface area contributed by atoms with Crippen LogP contribution in [0.3, 0.4) is 0 Å². The SMILES string of the molecule is C=O.Cc1cc(CN2CCN(c3c(F)cc(C#N)cc3F)CC2)cc2[nH]c(=O)c3c(c12)NCCC3. The molecule has 182 valence electrons. The van der Waals surface area contributed by atoms with E-state index < -0.39 is 11.6 Å². The number of pyridine rings is 1. The summed E-state index contributed by atoms with van der Waals surface area (Å²) in [7, 11) is 0. The number of carbonyl (C=O) groups excluding carboxylic acids is 1. The van der Waals surface area contributed by atoms with Gasteiger partial charge >= 0.3 is 0 Å². The number of aryl methyl sites for hydroxylation is 1. The lowest BCUT2D eigenvalue weighted by Gasteiger charge is -2.36. The maximum Gasteiger partial charge on any atom is 0.253 e. The molecule has 3 aromatic rings. The standard InChI is InChI=1S/C25H25F2N5O.CH2O/c1-15-9-17(12-21-22(15)23-18(25(33)30-21)3-2-4-29-23)14-31-5-7-32(8-6-31)24-19(26)10-16(13-28)11-20(24)27;1-2/h9-12,29H,2-8,14H2,1H3,(H,30,33);1H2. The van der Waals surface area contributed by atoms with Gasteiger partial charge in [0.1, 0.15) is 12.5 Å². The Hall–Kier alpha value is -3.77. The van der Waals surface area contributed by atoms with Crippen LogP contribution in [-0.4, -0.2) is 49.4 Å². The number of H-pyrrole nitrogens is 1. The molecule has 2 N–H and O–H groups in total. The average Bonchev–Trinajstić information content (AvgIpc) is 2.85. The molecule has 1 aromatic heterocycles. The van der Waals surface area contributed by atoms with Crippen LogP contribution in [0.2, 0.25) is 0 Å². The number of benzene rings is 2. The third-order valence-electron chi connectivity index (χ3n) is 6.62. The van der Waals surface area contributed by atoms with Gasteiger partial charge < -0.3 is 20.0 Å². The number of hydrogen-bond acceptors (Lipinski definition) is 6. The van der Waals surface area contributed by atoms with Crippen molar-refractivity contribution >= 4 is 29.1 Å². The van der Waals surface area contributed by atoms with Gasteiger partial charge in [0.2, 0.25) is 0 Å². The van der Waals surface area contributed by atoms with E-state index in [0.29, 0.717) is 32.7 Å². The van der Waals surface area contributed by atoms with Gasteiger partial charge in [-0.3, -0.25) is 9.69 Å². The number of halogens is 2. The van der Waals surface area contributed by atoms with Gasteiger partial charge in [0.25, 0.3) is 5.56 Å². The first-order valence-electron chi connectivity index (χ1n) is 11.5. The number of nitrogens with zero attached hydrogens (tertiary/aromatic N) is 3. The second-order valence-electron chi connectivity index (χ2n) is 8.84. The molecule has 0 amide bonds. The lowest BCUT2D eigenvalue weighted by Crippen LogP contribution is -2.46. The van der Waals surface area contributed by atoms with Crippen LogP contribution in [0.1, 0.15) is 28.7 Å². The Labute approximate surface area is 202 Å². The third-order valence-corrected chi connectivity index (χ3v) is 6.62. The maximum atomic E-state index is 14.4. The summed E-state index contributed by atoms with van der Waals surface area (Å²) in [6.45, 7) is 7.90. The average molecular weight is 480 g/mol. The minimum absolute atomic E-state index is 0.0198. The van der Waals surface area contributed by atoms with Crippen molar-refractivity contribution in [2.75, 3.05) is 42.9 Å². The quantitative estimate of drug-likeness (QED) is 0.598. The lowest BCUT2D eigenvalue weighted by atomic mass is 9.97. The van der Waals surface area contributed by atoms with Crippen molar-refractivity contribution in [1.82, 2.24) is 9.88 Å².